The van der Waals surface area contributed by atoms with Crippen LogP contribution in [0.1, 0.15) is 31.7 Å². The normalized spacial score (nSPS) is 16.9. The summed E-state index contributed by atoms with van der Waals surface area (Å²) < 4.78 is 11.0. The van der Waals surface area contributed by atoms with Gasteiger partial charge in [0.05, 0.1) is 25.9 Å². The molecule has 1 fully saturated rings. The molecule has 0 aliphatic carbocycles. The zero-order chi connectivity index (χ0) is 19.3. The molecule has 0 aromatic heterocycles. The second-order valence-corrected chi connectivity index (χ2v) is 7.12. The summed E-state index contributed by atoms with van der Waals surface area (Å²) in [5.74, 6) is 1.58. The molecule has 1 atom stereocenters. The number of hydrogen-bond donors (Lipinski definition) is 2. The third kappa shape index (κ3) is 8.73. The van der Waals surface area contributed by atoms with Crippen LogP contribution in [0.25, 0.3) is 0 Å². The van der Waals surface area contributed by atoms with E-state index in [0.717, 1.165) is 63.0 Å². The zero-order valence-corrected chi connectivity index (χ0v) is 16.8. The molecule has 2 N–H and O–H groups in total. The average molecular weight is 378 g/mol. The second kappa shape index (κ2) is 12.7. The number of nitrogens with zero attached hydrogens (tertiary/aromatic N) is 2. The van der Waals surface area contributed by atoms with Crippen LogP contribution < -0.4 is 5.32 Å². The van der Waals surface area contributed by atoms with Crippen molar-refractivity contribution in [2.24, 2.45) is 10.9 Å². The third-order valence-corrected chi connectivity index (χ3v) is 4.78. The number of aliphatic imine (C=N–C) groups is 1. The molecule has 0 amide bonds. The molecule has 27 heavy (non-hydrogen) atoms. The van der Waals surface area contributed by atoms with Crippen molar-refractivity contribution in [2.75, 3.05) is 46.5 Å². The van der Waals surface area contributed by atoms with Gasteiger partial charge in [0.1, 0.15) is 0 Å². The largest absolute Gasteiger partial charge is 0.389 e. The van der Waals surface area contributed by atoms with Crippen molar-refractivity contribution in [2.45, 2.75) is 38.9 Å². The van der Waals surface area contributed by atoms with Crippen LogP contribution in [-0.4, -0.2) is 68.6 Å². The lowest BCUT2D eigenvalue weighted by molar-refractivity contribution is 0.0330. The standard InChI is InChI=1S/C21H35N3O3/c1-3-22-21(24(2)12-9-18-10-13-26-14-11-18)23-15-20(25)17-27-16-19-7-5-4-6-8-19/h4-8,18,20,25H,3,9-17H2,1-2H3,(H,22,23). The van der Waals surface area contributed by atoms with Crippen molar-refractivity contribution < 1.29 is 14.6 Å². The number of guanidine groups is 1. The number of nitrogens with one attached hydrogen (secondary N) is 1. The molecule has 1 aromatic rings. The number of rotatable bonds is 10. The number of benzene rings is 1. The fourth-order valence-corrected chi connectivity index (χ4v) is 3.12. The highest BCUT2D eigenvalue weighted by molar-refractivity contribution is 5.79. The van der Waals surface area contributed by atoms with Gasteiger partial charge < -0.3 is 24.8 Å². The Morgan fingerprint density at radius 3 is 2.78 bits per heavy atom. The van der Waals surface area contributed by atoms with E-state index in [1.807, 2.05) is 30.3 Å². The van der Waals surface area contributed by atoms with Gasteiger partial charge in [0, 0.05) is 33.4 Å². The minimum absolute atomic E-state index is 0.281. The van der Waals surface area contributed by atoms with Crippen molar-refractivity contribution >= 4 is 5.96 Å². The molecular formula is C21H35N3O3. The summed E-state index contributed by atoms with van der Waals surface area (Å²) in [6.07, 6.45) is 2.84. The quantitative estimate of drug-likeness (QED) is 0.484. The first-order valence-electron chi connectivity index (χ1n) is 10.1. The van der Waals surface area contributed by atoms with Gasteiger partial charge in [0.25, 0.3) is 0 Å². The molecule has 1 aromatic carbocycles. The van der Waals surface area contributed by atoms with Gasteiger partial charge in [-0.05, 0) is 37.7 Å². The smallest absolute Gasteiger partial charge is 0.193 e. The minimum atomic E-state index is -0.605. The highest BCUT2D eigenvalue weighted by Crippen LogP contribution is 2.18. The summed E-state index contributed by atoms with van der Waals surface area (Å²) in [7, 11) is 2.05. The van der Waals surface area contributed by atoms with Crippen LogP contribution in [0.15, 0.2) is 35.3 Å². The number of hydrogen-bond acceptors (Lipinski definition) is 4. The van der Waals surface area contributed by atoms with Crippen molar-refractivity contribution in [1.82, 2.24) is 10.2 Å². The Balaban J connectivity index is 1.71. The third-order valence-electron chi connectivity index (χ3n) is 4.78. The van der Waals surface area contributed by atoms with Gasteiger partial charge in [-0.15, -0.1) is 0 Å². The Labute approximate surface area is 163 Å². The van der Waals surface area contributed by atoms with E-state index in [2.05, 4.69) is 29.2 Å². The molecule has 0 saturated carbocycles. The fraction of sp³-hybridized carbons (Fsp3) is 0.667. The molecule has 1 saturated heterocycles. The van der Waals surface area contributed by atoms with Crippen LogP contribution in [0, 0.1) is 5.92 Å². The first-order chi connectivity index (χ1) is 13.2. The first kappa shape index (κ1) is 21.7. The summed E-state index contributed by atoms with van der Waals surface area (Å²) in [5.41, 5.74) is 1.11. The number of aliphatic hydroxyl groups excluding tert-OH is 1. The van der Waals surface area contributed by atoms with Gasteiger partial charge in [-0.2, -0.15) is 0 Å². The fourth-order valence-electron chi connectivity index (χ4n) is 3.12. The van der Waals surface area contributed by atoms with Gasteiger partial charge in [-0.25, -0.2) is 0 Å². The topological polar surface area (TPSA) is 66.3 Å². The van der Waals surface area contributed by atoms with Gasteiger partial charge in [0.15, 0.2) is 5.96 Å². The molecule has 2 rings (SSSR count). The van der Waals surface area contributed by atoms with E-state index in [9.17, 15) is 5.11 Å². The number of aliphatic hydroxyl groups is 1. The summed E-state index contributed by atoms with van der Waals surface area (Å²) in [5, 5.41) is 13.5. The van der Waals surface area contributed by atoms with Crippen LogP contribution in [0.5, 0.6) is 0 Å². The van der Waals surface area contributed by atoms with Crippen molar-refractivity contribution in [3.05, 3.63) is 35.9 Å². The summed E-state index contributed by atoms with van der Waals surface area (Å²) >= 11 is 0. The molecular weight excluding hydrogens is 342 g/mol. The predicted octanol–water partition coefficient (Wildman–Crippen LogP) is 2.28. The molecule has 0 radical (unpaired) electrons. The Morgan fingerprint density at radius 1 is 1.33 bits per heavy atom. The van der Waals surface area contributed by atoms with Crippen LogP contribution in [-0.2, 0) is 16.1 Å². The highest BCUT2D eigenvalue weighted by Gasteiger charge is 2.15. The van der Waals surface area contributed by atoms with E-state index >= 15 is 0 Å². The average Bonchev–Trinajstić information content (AvgIpc) is 2.71. The Hall–Kier alpha value is -1.63. The van der Waals surface area contributed by atoms with Crippen LogP contribution in [0.4, 0.5) is 0 Å². The molecule has 0 spiro atoms. The summed E-state index contributed by atoms with van der Waals surface area (Å²) in [6, 6.07) is 9.98. The van der Waals surface area contributed by atoms with Gasteiger partial charge in [-0.3, -0.25) is 4.99 Å². The van der Waals surface area contributed by atoms with Gasteiger partial charge in [-0.1, -0.05) is 30.3 Å². The molecule has 1 heterocycles. The maximum atomic E-state index is 10.2. The molecule has 1 aliphatic heterocycles. The van der Waals surface area contributed by atoms with Gasteiger partial charge >= 0.3 is 0 Å². The van der Waals surface area contributed by atoms with E-state index in [-0.39, 0.29) is 6.61 Å². The van der Waals surface area contributed by atoms with E-state index < -0.39 is 6.10 Å². The van der Waals surface area contributed by atoms with E-state index in [1.54, 1.807) is 0 Å². The molecule has 0 bridgehead atoms. The zero-order valence-electron chi connectivity index (χ0n) is 16.8. The lowest BCUT2D eigenvalue weighted by Crippen LogP contribution is -2.40. The molecule has 1 unspecified atom stereocenters. The second-order valence-electron chi connectivity index (χ2n) is 7.12. The molecule has 1 aliphatic rings. The predicted molar refractivity (Wildman–Crippen MR) is 109 cm³/mol. The minimum Gasteiger partial charge on any atom is -0.389 e. The van der Waals surface area contributed by atoms with Crippen molar-refractivity contribution in [3.63, 3.8) is 0 Å². The Bertz CT molecular complexity index is 533. The molecule has 6 heteroatoms. The summed E-state index contributed by atoms with van der Waals surface area (Å²) in [6.45, 7) is 6.71. The first-order valence-corrected chi connectivity index (χ1v) is 10.1. The summed E-state index contributed by atoms with van der Waals surface area (Å²) in [4.78, 5) is 6.73. The maximum Gasteiger partial charge on any atom is 0.193 e. The van der Waals surface area contributed by atoms with Crippen molar-refractivity contribution in [3.8, 4) is 0 Å². The van der Waals surface area contributed by atoms with Crippen LogP contribution in [0.3, 0.4) is 0 Å². The Kier molecular flexibility index (Phi) is 10.2. The lowest BCUT2D eigenvalue weighted by atomic mass is 9.96. The van der Waals surface area contributed by atoms with Crippen LogP contribution >= 0.6 is 0 Å². The van der Waals surface area contributed by atoms with Gasteiger partial charge in [0.2, 0.25) is 0 Å². The maximum absolute atomic E-state index is 10.2. The Morgan fingerprint density at radius 2 is 2.07 bits per heavy atom. The van der Waals surface area contributed by atoms with E-state index in [4.69, 9.17) is 9.47 Å². The van der Waals surface area contributed by atoms with E-state index in [1.165, 1.54) is 0 Å². The van der Waals surface area contributed by atoms with Crippen molar-refractivity contribution in [1.29, 1.82) is 0 Å². The molecule has 152 valence electrons. The lowest BCUT2D eigenvalue weighted by Gasteiger charge is -2.27. The highest BCUT2D eigenvalue weighted by atomic mass is 16.5. The van der Waals surface area contributed by atoms with E-state index in [0.29, 0.717) is 13.2 Å². The molecule has 6 nitrogen and oxygen atoms in total. The SMILES string of the molecule is CCNC(=NCC(O)COCc1ccccc1)N(C)CCC1CCOCC1. The van der Waals surface area contributed by atoms with Crippen LogP contribution in [0.2, 0.25) is 0 Å². The monoisotopic (exact) mass is 377 g/mol. The number of ether oxygens (including phenoxy) is 2.